The highest BCUT2D eigenvalue weighted by Gasteiger charge is 2.23. The minimum absolute atomic E-state index is 0.0219. The van der Waals surface area contributed by atoms with Gasteiger partial charge in [-0.1, -0.05) is 30.3 Å². The number of carbonyl (C=O) groups is 1. The first-order valence-electron chi connectivity index (χ1n) is 8.29. The molecule has 0 atom stereocenters. The highest BCUT2D eigenvalue weighted by atomic mass is 16.2. The standard InChI is InChI=1S/C20H20N2O/c23-20-18(17-6-2-3-7-19(17)21-20)14-15-8-10-16(11-9-15)22-12-4-1-5-13-22/h2-3,6-11,14H,1,4-5,12-13H2,(H,21,23)/b18-14-. The molecule has 0 saturated carbocycles. The molecule has 1 saturated heterocycles. The number of anilines is 2. The molecule has 2 aliphatic heterocycles. The molecule has 2 heterocycles. The quantitative estimate of drug-likeness (QED) is 0.845. The van der Waals surface area contributed by atoms with Crippen LogP contribution in [-0.2, 0) is 4.79 Å². The van der Waals surface area contributed by atoms with Crippen molar-refractivity contribution < 1.29 is 4.79 Å². The van der Waals surface area contributed by atoms with E-state index in [-0.39, 0.29) is 5.91 Å². The zero-order valence-electron chi connectivity index (χ0n) is 13.1. The number of hydrogen-bond acceptors (Lipinski definition) is 2. The van der Waals surface area contributed by atoms with Gasteiger partial charge in [0.1, 0.15) is 0 Å². The molecule has 2 aromatic carbocycles. The van der Waals surface area contributed by atoms with E-state index in [1.807, 2.05) is 30.3 Å². The number of piperidine rings is 1. The summed E-state index contributed by atoms with van der Waals surface area (Å²) in [5.41, 5.74) is 4.97. The minimum atomic E-state index is -0.0219. The van der Waals surface area contributed by atoms with Gasteiger partial charge in [0.2, 0.25) is 0 Å². The molecule has 0 aliphatic carbocycles. The second-order valence-electron chi connectivity index (χ2n) is 6.20. The van der Waals surface area contributed by atoms with Gasteiger partial charge >= 0.3 is 0 Å². The first-order chi connectivity index (χ1) is 11.3. The van der Waals surface area contributed by atoms with E-state index in [4.69, 9.17) is 0 Å². The molecular formula is C20H20N2O. The lowest BCUT2D eigenvalue weighted by Crippen LogP contribution is -2.29. The van der Waals surface area contributed by atoms with Crippen molar-refractivity contribution in [3.8, 4) is 0 Å². The van der Waals surface area contributed by atoms with Crippen LogP contribution in [0.1, 0.15) is 30.4 Å². The zero-order chi connectivity index (χ0) is 15.6. The SMILES string of the molecule is O=C1Nc2ccccc2/C1=C/c1ccc(N2CCCCC2)cc1. The van der Waals surface area contributed by atoms with E-state index in [0.29, 0.717) is 0 Å². The summed E-state index contributed by atoms with van der Waals surface area (Å²) in [5.74, 6) is -0.0219. The predicted molar refractivity (Wildman–Crippen MR) is 95.4 cm³/mol. The van der Waals surface area contributed by atoms with Crippen molar-refractivity contribution in [2.24, 2.45) is 0 Å². The Morgan fingerprint density at radius 3 is 2.43 bits per heavy atom. The lowest BCUT2D eigenvalue weighted by atomic mass is 10.0. The van der Waals surface area contributed by atoms with Crippen LogP contribution in [0.4, 0.5) is 11.4 Å². The van der Waals surface area contributed by atoms with Crippen molar-refractivity contribution in [1.29, 1.82) is 0 Å². The third kappa shape index (κ3) is 2.74. The molecule has 0 unspecified atom stereocenters. The highest BCUT2D eigenvalue weighted by Crippen LogP contribution is 2.33. The Bertz CT molecular complexity index is 755. The second kappa shape index (κ2) is 5.92. The van der Waals surface area contributed by atoms with Gasteiger partial charge in [-0.3, -0.25) is 4.79 Å². The Labute approximate surface area is 136 Å². The van der Waals surface area contributed by atoms with Gasteiger partial charge in [0.05, 0.1) is 0 Å². The maximum atomic E-state index is 12.2. The molecule has 116 valence electrons. The van der Waals surface area contributed by atoms with Crippen molar-refractivity contribution in [2.45, 2.75) is 19.3 Å². The molecule has 1 fully saturated rings. The van der Waals surface area contributed by atoms with Gasteiger partial charge in [-0.25, -0.2) is 0 Å². The van der Waals surface area contributed by atoms with Gasteiger partial charge in [-0.05, 0) is 49.1 Å². The van der Waals surface area contributed by atoms with Crippen LogP contribution in [0, 0.1) is 0 Å². The Morgan fingerprint density at radius 2 is 1.65 bits per heavy atom. The van der Waals surface area contributed by atoms with E-state index in [0.717, 1.165) is 35.5 Å². The number of benzene rings is 2. The summed E-state index contributed by atoms with van der Waals surface area (Å²) in [6.45, 7) is 2.30. The Morgan fingerprint density at radius 1 is 0.913 bits per heavy atom. The first kappa shape index (κ1) is 14.1. The molecule has 3 heteroatoms. The van der Waals surface area contributed by atoms with E-state index in [2.05, 4.69) is 34.5 Å². The van der Waals surface area contributed by atoms with Gasteiger partial charge in [0.15, 0.2) is 0 Å². The van der Waals surface area contributed by atoms with Gasteiger partial charge < -0.3 is 10.2 Å². The Balaban J connectivity index is 1.60. The summed E-state index contributed by atoms with van der Waals surface area (Å²) in [6.07, 6.45) is 5.88. The van der Waals surface area contributed by atoms with Crippen molar-refractivity contribution >= 4 is 28.9 Å². The van der Waals surface area contributed by atoms with Crippen molar-refractivity contribution in [3.63, 3.8) is 0 Å². The van der Waals surface area contributed by atoms with E-state index in [1.165, 1.54) is 24.9 Å². The summed E-state index contributed by atoms with van der Waals surface area (Å²) in [7, 11) is 0. The van der Waals surface area contributed by atoms with Crippen LogP contribution < -0.4 is 10.2 Å². The minimum Gasteiger partial charge on any atom is -0.372 e. The topological polar surface area (TPSA) is 32.3 Å². The number of amides is 1. The van der Waals surface area contributed by atoms with Crippen molar-refractivity contribution in [3.05, 3.63) is 59.7 Å². The van der Waals surface area contributed by atoms with E-state index >= 15 is 0 Å². The molecular weight excluding hydrogens is 284 g/mol. The molecule has 2 aliphatic rings. The Hall–Kier alpha value is -2.55. The number of nitrogens with zero attached hydrogens (tertiary/aromatic N) is 1. The maximum absolute atomic E-state index is 12.2. The number of carbonyl (C=O) groups excluding carboxylic acids is 1. The van der Waals surface area contributed by atoms with E-state index in [9.17, 15) is 4.79 Å². The summed E-state index contributed by atoms with van der Waals surface area (Å²) >= 11 is 0. The van der Waals surface area contributed by atoms with E-state index < -0.39 is 0 Å². The first-order valence-corrected chi connectivity index (χ1v) is 8.29. The fourth-order valence-corrected chi connectivity index (χ4v) is 3.38. The van der Waals surface area contributed by atoms with Crippen LogP contribution in [0.2, 0.25) is 0 Å². The normalized spacial score (nSPS) is 18.9. The van der Waals surface area contributed by atoms with Crippen molar-refractivity contribution in [1.82, 2.24) is 0 Å². The summed E-state index contributed by atoms with van der Waals surface area (Å²) in [4.78, 5) is 14.6. The zero-order valence-corrected chi connectivity index (χ0v) is 13.1. The van der Waals surface area contributed by atoms with Crippen LogP contribution in [0.3, 0.4) is 0 Å². The third-order valence-corrected chi connectivity index (χ3v) is 4.64. The maximum Gasteiger partial charge on any atom is 0.256 e. The molecule has 0 spiro atoms. The molecule has 1 N–H and O–H groups in total. The van der Waals surface area contributed by atoms with Crippen molar-refractivity contribution in [2.75, 3.05) is 23.3 Å². The van der Waals surface area contributed by atoms with Crippen LogP contribution in [-0.4, -0.2) is 19.0 Å². The van der Waals surface area contributed by atoms with E-state index in [1.54, 1.807) is 0 Å². The molecule has 1 amide bonds. The van der Waals surface area contributed by atoms with Crippen LogP contribution in [0.5, 0.6) is 0 Å². The van der Waals surface area contributed by atoms with Gasteiger partial charge in [-0.2, -0.15) is 0 Å². The van der Waals surface area contributed by atoms with Crippen LogP contribution in [0.15, 0.2) is 48.5 Å². The summed E-state index contributed by atoms with van der Waals surface area (Å²) < 4.78 is 0. The lowest BCUT2D eigenvalue weighted by Gasteiger charge is -2.28. The number of para-hydroxylation sites is 1. The van der Waals surface area contributed by atoms with Gasteiger partial charge in [-0.15, -0.1) is 0 Å². The summed E-state index contributed by atoms with van der Waals surface area (Å²) in [6, 6.07) is 16.4. The lowest BCUT2D eigenvalue weighted by molar-refractivity contribution is -0.110. The molecule has 0 bridgehead atoms. The number of nitrogens with one attached hydrogen (secondary N) is 1. The monoisotopic (exact) mass is 304 g/mol. The number of fused-ring (bicyclic) bond motifs is 1. The largest absolute Gasteiger partial charge is 0.372 e. The molecule has 2 aromatic rings. The molecule has 4 rings (SSSR count). The van der Waals surface area contributed by atoms with Gasteiger partial charge in [0.25, 0.3) is 5.91 Å². The van der Waals surface area contributed by atoms with Gasteiger partial charge in [0, 0.05) is 35.6 Å². The van der Waals surface area contributed by atoms with Crippen LogP contribution in [0.25, 0.3) is 11.6 Å². The number of rotatable bonds is 2. The molecule has 3 nitrogen and oxygen atoms in total. The van der Waals surface area contributed by atoms with Crippen LogP contribution >= 0.6 is 0 Å². The predicted octanol–water partition coefficient (Wildman–Crippen LogP) is 4.17. The average molecular weight is 304 g/mol. The number of hydrogen-bond donors (Lipinski definition) is 1. The third-order valence-electron chi connectivity index (χ3n) is 4.64. The smallest absolute Gasteiger partial charge is 0.256 e. The molecule has 0 radical (unpaired) electrons. The Kier molecular flexibility index (Phi) is 3.62. The second-order valence-corrected chi connectivity index (χ2v) is 6.20. The molecule has 23 heavy (non-hydrogen) atoms. The fourth-order valence-electron chi connectivity index (χ4n) is 3.38. The molecule has 0 aromatic heterocycles. The average Bonchev–Trinajstić information content (AvgIpc) is 2.92. The highest BCUT2D eigenvalue weighted by molar-refractivity contribution is 6.34. The summed E-state index contributed by atoms with van der Waals surface area (Å²) in [5, 5.41) is 2.92. The fraction of sp³-hybridized carbons (Fsp3) is 0.250.